The molecule has 0 bridgehead atoms. The van der Waals surface area contributed by atoms with Crippen LogP contribution >= 0.6 is 0 Å². The summed E-state index contributed by atoms with van der Waals surface area (Å²) in [7, 11) is 0. The van der Waals surface area contributed by atoms with Crippen LogP contribution in [0.3, 0.4) is 0 Å². The van der Waals surface area contributed by atoms with Crippen molar-refractivity contribution >= 4 is 11.6 Å². The van der Waals surface area contributed by atoms with Gasteiger partial charge < -0.3 is 15.7 Å². The van der Waals surface area contributed by atoms with Gasteiger partial charge in [-0.05, 0) is 56.9 Å². The zero-order valence-electron chi connectivity index (χ0n) is 11.6. The van der Waals surface area contributed by atoms with Crippen LogP contribution in [0.15, 0.2) is 18.2 Å². The maximum atomic E-state index is 12.1. The molecular formula is C15H22N2O2. The third kappa shape index (κ3) is 3.70. The summed E-state index contributed by atoms with van der Waals surface area (Å²) in [5.74, 6) is -0.0680. The molecule has 0 saturated heterocycles. The first kappa shape index (κ1) is 13.9. The summed E-state index contributed by atoms with van der Waals surface area (Å²) >= 11 is 0. The number of hydrogen-bond acceptors (Lipinski definition) is 3. The number of fused-ring (bicyclic) bond motifs is 1. The summed E-state index contributed by atoms with van der Waals surface area (Å²) in [6, 6.07) is 5.76. The maximum Gasteiger partial charge on any atom is 0.251 e. The average Bonchev–Trinajstić information content (AvgIpc) is 2.37. The molecule has 4 heteroatoms. The molecule has 2 atom stereocenters. The number of carbonyl (C=O) groups is 1. The summed E-state index contributed by atoms with van der Waals surface area (Å²) in [5.41, 5.74) is 3.04. The summed E-state index contributed by atoms with van der Waals surface area (Å²) in [5, 5.41) is 15.6. The van der Waals surface area contributed by atoms with E-state index in [1.54, 1.807) is 6.92 Å². The van der Waals surface area contributed by atoms with Gasteiger partial charge in [0.2, 0.25) is 0 Å². The van der Waals surface area contributed by atoms with Gasteiger partial charge in [-0.3, -0.25) is 4.79 Å². The van der Waals surface area contributed by atoms with Crippen molar-refractivity contribution < 1.29 is 9.90 Å². The fraction of sp³-hybridized carbons (Fsp3) is 0.533. The Balaban J connectivity index is 2.03. The first-order valence-electron chi connectivity index (χ1n) is 6.92. The van der Waals surface area contributed by atoms with Gasteiger partial charge in [-0.2, -0.15) is 0 Å². The third-order valence-electron chi connectivity index (χ3n) is 3.38. The van der Waals surface area contributed by atoms with E-state index < -0.39 is 6.10 Å². The van der Waals surface area contributed by atoms with Crippen molar-refractivity contribution in [3.8, 4) is 0 Å². The van der Waals surface area contributed by atoms with Crippen LogP contribution in [0.25, 0.3) is 0 Å². The second kappa shape index (κ2) is 6.06. The molecule has 2 rings (SSSR count). The number of amides is 1. The Kier molecular flexibility index (Phi) is 4.43. The second-order valence-electron chi connectivity index (χ2n) is 5.36. The van der Waals surface area contributed by atoms with Crippen LogP contribution in [0.2, 0.25) is 0 Å². The molecular weight excluding hydrogens is 240 g/mol. The molecule has 1 aromatic carbocycles. The van der Waals surface area contributed by atoms with Gasteiger partial charge in [0.25, 0.3) is 5.91 Å². The SMILES string of the molecule is CC(O)CC(C)NC(=O)c1ccc2c(c1)CCCN2. The Labute approximate surface area is 114 Å². The lowest BCUT2D eigenvalue weighted by Crippen LogP contribution is -2.34. The molecule has 1 aliphatic heterocycles. The molecule has 1 aliphatic rings. The quantitative estimate of drug-likeness (QED) is 0.777. The molecule has 0 saturated carbocycles. The Hall–Kier alpha value is -1.55. The number of aliphatic hydroxyl groups is 1. The highest BCUT2D eigenvalue weighted by Gasteiger charge is 2.14. The van der Waals surface area contributed by atoms with Crippen molar-refractivity contribution in [2.75, 3.05) is 11.9 Å². The number of anilines is 1. The molecule has 104 valence electrons. The van der Waals surface area contributed by atoms with Gasteiger partial charge in [0.05, 0.1) is 6.10 Å². The van der Waals surface area contributed by atoms with Gasteiger partial charge in [-0.25, -0.2) is 0 Å². The van der Waals surface area contributed by atoms with E-state index in [1.165, 1.54) is 5.56 Å². The minimum atomic E-state index is -0.400. The molecule has 0 fully saturated rings. The standard InChI is InChI=1S/C15H22N2O2/c1-10(8-11(2)18)17-15(19)13-5-6-14-12(9-13)4-3-7-16-14/h5-6,9-11,16,18H,3-4,7-8H2,1-2H3,(H,17,19). The Morgan fingerprint density at radius 1 is 1.47 bits per heavy atom. The molecule has 2 unspecified atom stereocenters. The summed E-state index contributed by atoms with van der Waals surface area (Å²) in [6.45, 7) is 4.64. The van der Waals surface area contributed by atoms with Crippen molar-refractivity contribution in [1.29, 1.82) is 0 Å². The lowest BCUT2D eigenvalue weighted by atomic mass is 10.0. The van der Waals surface area contributed by atoms with E-state index in [-0.39, 0.29) is 11.9 Å². The molecule has 4 nitrogen and oxygen atoms in total. The van der Waals surface area contributed by atoms with Gasteiger partial charge in [-0.15, -0.1) is 0 Å². The molecule has 3 N–H and O–H groups in total. The van der Waals surface area contributed by atoms with E-state index in [2.05, 4.69) is 10.6 Å². The number of carbonyl (C=O) groups excluding carboxylic acids is 1. The fourth-order valence-corrected chi connectivity index (χ4v) is 2.49. The summed E-state index contributed by atoms with van der Waals surface area (Å²) < 4.78 is 0. The van der Waals surface area contributed by atoms with Crippen LogP contribution in [0.5, 0.6) is 0 Å². The smallest absolute Gasteiger partial charge is 0.251 e. The highest BCUT2D eigenvalue weighted by atomic mass is 16.3. The van der Waals surface area contributed by atoms with E-state index in [0.29, 0.717) is 12.0 Å². The van der Waals surface area contributed by atoms with Gasteiger partial charge in [-0.1, -0.05) is 0 Å². The zero-order chi connectivity index (χ0) is 13.8. The Morgan fingerprint density at radius 2 is 2.26 bits per heavy atom. The minimum absolute atomic E-state index is 0.0262. The van der Waals surface area contributed by atoms with Crippen molar-refractivity contribution in [3.05, 3.63) is 29.3 Å². The predicted octanol–water partition coefficient (Wildman–Crippen LogP) is 1.93. The molecule has 0 spiro atoms. The monoisotopic (exact) mass is 262 g/mol. The number of aryl methyl sites for hydroxylation is 1. The van der Waals surface area contributed by atoms with Gasteiger partial charge in [0.15, 0.2) is 0 Å². The second-order valence-corrected chi connectivity index (χ2v) is 5.36. The first-order chi connectivity index (χ1) is 9.06. The first-order valence-corrected chi connectivity index (χ1v) is 6.92. The Morgan fingerprint density at radius 3 is 3.00 bits per heavy atom. The summed E-state index contributed by atoms with van der Waals surface area (Å²) in [6.07, 6.45) is 2.30. The molecule has 1 heterocycles. The average molecular weight is 262 g/mol. The third-order valence-corrected chi connectivity index (χ3v) is 3.38. The number of hydrogen-bond donors (Lipinski definition) is 3. The lowest BCUT2D eigenvalue weighted by Gasteiger charge is -2.19. The number of nitrogens with one attached hydrogen (secondary N) is 2. The molecule has 19 heavy (non-hydrogen) atoms. The largest absolute Gasteiger partial charge is 0.393 e. The molecule has 1 amide bonds. The van der Waals surface area contributed by atoms with Crippen molar-refractivity contribution in [2.45, 2.75) is 45.3 Å². The van der Waals surface area contributed by atoms with Crippen molar-refractivity contribution in [2.24, 2.45) is 0 Å². The van der Waals surface area contributed by atoms with Crippen LogP contribution in [0, 0.1) is 0 Å². The van der Waals surface area contributed by atoms with Gasteiger partial charge in [0, 0.05) is 23.8 Å². The van der Waals surface area contributed by atoms with E-state index in [1.807, 2.05) is 25.1 Å². The zero-order valence-corrected chi connectivity index (χ0v) is 11.6. The van der Waals surface area contributed by atoms with Crippen molar-refractivity contribution in [1.82, 2.24) is 5.32 Å². The van der Waals surface area contributed by atoms with Gasteiger partial charge in [0.1, 0.15) is 0 Å². The normalized spacial score (nSPS) is 17.0. The highest BCUT2D eigenvalue weighted by Crippen LogP contribution is 2.22. The fourth-order valence-electron chi connectivity index (χ4n) is 2.49. The van der Waals surface area contributed by atoms with Crippen LogP contribution < -0.4 is 10.6 Å². The van der Waals surface area contributed by atoms with E-state index in [0.717, 1.165) is 25.1 Å². The predicted molar refractivity (Wildman–Crippen MR) is 76.5 cm³/mol. The van der Waals surface area contributed by atoms with Crippen LogP contribution in [0.4, 0.5) is 5.69 Å². The highest BCUT2D eigenvalue weighted by molar-refractivity contribution is 5.95. The Bertz CT molecular complexity index is 457. The number of aliphatic hydroxyl groups excluding tert-OH is 1. The molecule has 1 aromatic rings. The minimum Gasteiger partial charge on any atom is -0.393 e. The number of benzene rings is 1. The van der Waals surface area contributed by atoms with E-state index >= 15 is 0 Å². The van der Waals surface area contributed by atoms with Crippen molar-refractivity contribution in [3.63, 3.8) is 0 Å². The molecule has 0 aromatic heterocycles. The van der Waals surface area contributed by atoms with Gasteiger partial charge >= 0.3 is 0 Å². The summed E-state index contributed by atoms with van der Waals surface area (Å²) in [4.78, 5) is 12.1. The van der Waals surface area contributed by atoms with Crippen LogP contribution in [-0.2, 0) is 6.42 Å². The van der Waals surface area contributed by atoms with Crippen LogP contribution in [-0.4, -0.2) is 29.7 Å². The lowest BCUT2D eigenvalue weighted by molar-refractivity contribution is 0.0923. The molecule has 0 radical (unpaired) electrons. The van der Waals surface area contributed by atoms with Crippen LogP contribution in [0.1, 0.15) is 42.6 Å². The number of rotatable bonds is 4. The maximum absolute atomic E-state index is 12.1. The topological polar surface area (TPSA) is 61.4 Å². The van der Waals surface area contributed by atoms with E-state index in [9.17, 15) is 9.90 Å². The molecule has 0 aliphatic carbocycles. The van der Waals surface area contributed by atoms with E-state index in [4.69, 9.17) is 0 Å².